The van der Waals surface area contributed by atoms with Crippen molar-refractivity contribution < 1.29 is 27.1 Å². The van der Waals surface area contributed by atoms with Gasteiger partial charge in [-0.1, -0.05) is 11.3 Å². The van der Waals surface area contributed by atoms with Gasteiger partial charge < -0.3 is 4.74 Å². The number of nitrogens with zero attached hydrogens (tertiary/aromatic N) is 3. The minimum Gasteiger partial charge on any atom is -0.379 e. The zero-order valence-corrected chi connectivity index (χ0v) is 17.2. The normalized spacial score (nSPS) is 15.4. The van der Waals surface area contributed by atoms with Crippen molar-refractivity contribution in [3.63, 3.8) is 0 Å². The van der Waals surface area contributed by atoms with Crippen LogP contribution in [0.5, 0.6) is 0 Å². The Labute approximate surface area is 179 Å². The third kappa shape index (κ3) is 5.03. The van der Waals surface area contributed by atoms with Crippen LogP contribution in [0.2, 0.25) is 0 Å². The first-order valence-electron chi connectivity index (χ1n) is 9.66. The van der Waals surface area contributed by atoms with E-state index in [0.29, 0.717) is 41.7 Å². The second-order valence-electron chi connectivity index (χ2n) is 7.09. The van der Waals surface area contributed by atoms with E-state index in [4.69, 9.17) is 4.74 Å². The number of anilines is 1. The molecule has 1 amide bonds. The van der Waals surface area contributed by atoms with Gasteiger partial charge in [-0.15, -0.1) is 0 Å². The molecule has 0 bridgehead atoms. The number of benzene rings is 2. The Bertz CT molecular complexity index is 1060. The summed E-state index contributed by atoms with van der Waals surface area (Å²) in [5.41, 5.74) is -0.141. The summed E-state index contributed by atoms with van der Waals surface area (Å²) in [6, 6.07) is 8.29. The first-order valence-corrected chi connectivity index (χ1v) is 10.5. The second kappa shape index (κ2) is 8.89. The van der Waals surface area contributed by atoms with Crippen molar-refractivity contribution in [2.24, 2.45) is 0 Å². The highest BCUT2D eigenvalue weighted by atomic mass is 32.1. The average molecular weight is 453 g/mol. The summed E-state index contributed by atoms with van der Waals surface area (Å²) < 4.78 is 58.1. The molecule has 0 saturated carbocycles. The van der Waals surface area contributed by atoms with Crippen LogP contribution in [0.3, 0.4) is 0 Å². The Hall–Kier alpha value is -2.56. The number of amides is 1. The molecule has 0 atom stereocenters. The molecule has 1 fully saturated rings. The molecule has 1 aromatic heterocycles. The van der Waals surface area contributed by atoms with Gasteiger partial charge in [0.1, 0.15) is 5.82 Å². The molecule has 1 saturated heterocycles. The van der Waals surface area contributed by atoms with E-state index in [1.807, 2.05) is 0 Å². The standard InChI is InChI=1S/C21H19F4N3O2S/c22-16-5-6-17-18(13-16)31-20(26-17)28(8-7-27-9-11-30-12-10-27)19(29)14-1-3-15(4-2-14)21(23,24)25/h1-6,13H,7-12H2. The number of hydrogen-bond acceptors (Lipinski definition) is 5. The predicted molar refractivity (Wildman–Crippen MR) is 110 cm³/mol. The Balaban J connectivity index is 1.62. The highest BCUT2D eigenvalue weighted by Crippen LogP contribution is 2.32. The maximum Gasteiger partial charge on any atom is 0.416 e. The van der Waals surface area contributed by atoms with Crippen LogP contribution in [0.25, 0.3) is 10.2 Å². The number of thiazole rings is 1. The lowest BCUT2D eigenvalue weighted by Crippen LogP contribution is -2.43. The van der Waals surface area contributed by atoms with Crippen LogP contribution in [-0.2, 0) is 10.9 Å². The van der Waals surface area contributed by atoms with Crippen LogP contribution in [0.1, 0.15) is 15.9 Å². The van der Waals surface area contributed by atoms with Crippen LogP contribution in [-0.4, -0.2) is 55.2 Å². The van der Waals surface area contributed by atoms with Crippen LogP contribution in [0.4, 0.5) is 22.7 Å². The quantitative estimate of drug-likeness (QED) is 0.536. The van der Waals surface area contributed by atoms with E-state index in [1.54, 1.807) is 0 Å². The number of rotatable bonds is 5. The first-order chi connectivity index (χ1) is 14.8. The van der Waals surface area contributed by atoms with Crippen molar-refractivity contribution in [1.29, 1.82) is 0 Å². The van der Waals surface area contributed by atoms with Crippen molar-refractivity contribution in [2.45, 2.75) is 6.18 Å². The average Bonchev–Trinajstić information content (AvgIpc) is 3.16. The Kier molecular flexibility index (Phi) is 6.22. The van der Waals surface area contributed by atoms with Gasteiger partial charge in [-0.25, -0.2) is 9.37 Å². The van der Waals surface area contributed by atoms with E-state index in [1.165, 1.54) is 46.6 Å². The summed E-state index contributed by atoms with van der Waals surface area (Å²) in [5, 5.41) is 0.374. The minimum atomic E-state index is -4.48. The van der Waals surface area contributed by atoms with E-state index < -0.39 is 23.5 Å². The lowest BCUT2D eigenvalue weighted by atomic mass is 10.1. The lowest BCUT2D eigenvalue weighted by molar-refractivity contribution is -0.137. The van der Waals surface area contributed by atoms with Crippen molar-refractivity contribution in [2.75, 3.05) is 44.3 Å². The van der Waals surface area contributed by atoms with Crippen molar-refractivity contribution >= 4 is 32.6 Å². The number of carbonyl (C=O) groups is 1. The summed E-state index contributed by atoms with van der Waals surface area (Å²) in [4.78, 5) is 21.3. The molecular weight excluding hydrogens is 434 g/mol. The Morgan fingerprint density at radius 3 is 2.52 bits per heavy atom. The van der Waals surface area contributed by atoms with Gasteiger partial charge in [0.25, 0.3) is 5.91 Å². The summed E-state index contributed by atoms with van der Waals surface area (Å²) in [7, 11) is 0. The molecule has 2 aromatic carbocycles. The minimum absolute atomic E-state index is 0.125. The predicted octanol–water partition coefficient (Wildman–Crippen LogP) is 4.43. The number of aromatic nitrogens is 1. The van der Waals surface area contributed by atoms with Crippen LogP contribution in [0, 0.1) is 5.82 Å². The number of ether oxygens (including phenoxy) is 1. The molecule has 0 N–H and O–H groups in total. The Morgan fingerprint density at radius 1 is 1.13 bits per heavy atom. The lowest BCUT2D eigenvalue weighted by Gasteiger charge is -2.29. The monoisotopic (exact) mass is 453 g/mol. The van der Waals surface area contributed by atoms with E-state index in [2.05, 4.69) is 9.88 Å². The molecule has 0 unspecified atom stereocenters. The SMILES string of the molecule is O=C(c1ccc(C(F)(F)F)cc1)N(CCN1CCOCC1)c1nc2ccc(F)cc2s1. The van der Waals surface area contributed by atoms with E-state index in [-0.39, 0.29) is 5.56 Å². The number of hydrogen-bond donors (Lipinski definition) is 0. The first kappa shape index (κ1) is 21.7. The zero-order valence-electron chi connectivity index (χ0n) is 16.4. The zero-order chi connectivity index (χ0) is 22.0. The van der Waals surface area contributed by atoms with Crippen molar-refractivity contribution in [3.8, 4) is 0 Å². The van der Waals surface area contributed by atoms with Crippen molar-refractivity contribution in [3.05, 3.63) is 59.4 Å². The van der Waals surface area contributed by atoms with Crippen LogP contribution >= 0.6 is 11.3 Å². The fraction of sp³-hybridized carbons (Fsp3) is 0.333. The maximum atomic E-state index is 13.6. The fourth-order valence-corrected chi connectivity index (χ4v) is 4.32. The molecule has 164 valence electrons. The van der Waals surface area contributed by atoms with Crippen LogP contribution in [0.15, 0.2) is 42.5 Å². The van der Waals surface area contributed by atoms with Gasteiger partial charge in [0.15, 0.2) is 5.13 Å². The number of alkyl halides is 3. The summed E-state index contributed by atoms with van der Waals surface area (Å²) in [5.74, 6) is -0.863. The number of carbonyl (C=O) groups excluding carboxylic acids is 1. The molecule has 31 heavy (non-hydrogen) atoms. The number of morpholine rings is 1. The largest absolute Gasteiger partial charge is 0.416 e. The Morgan fingerprint density at radius 2 is 1.84 bits per heavy atom. The van der Waals surface area contributed by atoms with Gasteiger partial charge in [-0.05, 0) is 42.5 Å². The molecular formula is C21H19F4N3O2S. The molecule has 5 nitrogen and oxygen atoms in total. The molecule has 0 radical (unpaired) electrons. The van der Waals surface area contributed by atoms with E-state index in [0.717, 1.165) is 25.2 Å². The summed E-state index contributed by atoms with van der Waals surface area (Å²) in [6.07, 6.45) is -4.48. The van der Waals surface area contributed by atoms with E-state index in [9.17, 15) is 22.4 Å². The van der Waals surface area contributed by atoms with Gasteiger partial charge in [0.2, 0.25) is 0 Å². The van der Waals surface area contributed by atoms with E-state index >= 15 is 0 Å². The molecule has 1 aliphatic rings. The molecule has 10 heteroatoms. The van der Waals surface area contributed by atoms with Gasteiger partial charge >= 0.3 is 6.18 Å². The third-order valence-electron chi connectivity index (χ3n) is 5.02. The molecule has 2 heterocycles. The number of fused-ring (bicyclic) bond motifs is 1. The smallest absolute Gasteiger partial charge is 0.379 e. The van der Waals surface area contributed by atoms with Gasteiger partial charge in [-0.3, -0.25) is 14.6 Å². The van der Waals surface area contributed by atoms with Crippen molar-refractivity contribution in [1.82, 2.24) is 9.88 Å². The molecule has 1 aliphatic heterocycles. The highest BCUT2D eigenvalue weighted by molar-refractivity contribution is 7.22. The highest BCUT2D eigenvalue weighted by Gasteiger charge is 2.31. The molecule has 4 rings (SSSR count). The van der Waals surface area contributed by atoms with Crippen LogP contribution < -0.4 is 4.90 Å². The third-order valence-corrected chi connectivity index (χ3v) is 6.06. The topological polar surface area (TPSA) is 45.7 Å². The van der Waals surface area contributed by atoms with Gasteiger partial charge in [-0.2, -0.15) is 13.2 Å². The second-order valence-corrected chi connectivity index (χ2v) is 8.10. The molecule has 0 aliphatic carbocycles. The van der Waals surface area contributed by atoms with Gasteiger partial charge in [0, 0.05) is 31.7 Å². The molecule has 0 spiro atoms. The maximum absolute atomic E-state index is 13.6. The molecule has 3 aromatic rings. The fourth-order valence-electron chi connectivity index (χ4n) is 3.31. The summed E-state index contributed by atoms with van der Waals surface area (Å²) in [6.45, 7) is 3.52. The number of halogens is 4. The van der Waals surface area contributed by atoms with Gasteiger partial charge in [0.05, 0.1) is 29.0 Å². The summed E-state index contributed by atoms with van der Waals surface area (Å²) >= 11 is 1.17.